The fourth-order valence-electron chi connectivity index (χ4n) is 1.43. The van der Waals surface area contributed by atoms with Crippen molar-refractivity contribution in [3.63, 3.8) is 0 Å². The van der Waals surface area contributed by atoms with E-state index in [0.717, 1.165) is 0 Å². The summed E-state index contributed by atoms with van der Waals surface area (Å²) in [5.41, 5.74) is 0.00771. The second kappa shape index (κ2) is 4.39. The van der Waals surface area contributed by atoms with Gasteiger partial charge in [0.15, 0.2) is 5.75 Å². The summed E-state index contributed by atoms with van der Waals surface area (Å²) >= 11 is 3.11. The molecule has 0 unspecified atom stereocenters. The first-order chi connectivity index (χ1) is 8.29. The largest absolute Gasteiger partial charge is 0.424 e. The van der Waals surface area contributed by atoms with Crippen molar-refractivity contribution in [2.24, 2.45) is 5.41 Å². The molecule has 18 heavy (non-hydrogen) atoms. The second-order valence-corrected chi connectivity index (χ2v) is 5.96. The van der Waals surface area contributed by atoms with Crippen molar-refractivity contribution in [1.29, 1.82) is 0 Å². The topological polar surface area (TPSA) is 42.1 Å². The minimum absolute atomic E-state index is 0.330. The highest BCUT2D eigenvalue weighted by Crippen LogP contribution is 2.31. The van der Waals surface area contributed by atoms with E-state index in [4.69, 9.17) is 4.74 Å². The molecule has 0 spiro atoms. The Morgan fingerprint density at radius 2 is 2.06 bits per heavy atom. The number of carbonyl (C=O) groups excluding carboxylic acids is 1. The van der Waals surface area contributed by atoms with E-state index in [2.05, 4.69) is 20.9 Å². The zero-order chi connectivity index (χ0) is 13.5. The molecule has 1 N–H and O–H groups in total. The van der Waals surface area contributed by atoms with Gasteiger partial charge in [-0.2, -0.15) is 0 Å². The molecule has 1 heterocycles. The lowest BCUT2D eigenvalue weighted by molar-refractivity contribution is -0.142. The molecule has 1 aromatic carbocycles. The first kappa shape index (κ1) is 13.1. The van der Waals surface area contributed by atoms with Gasteiger partial charge < -0.3 is 9.72 Å². The number of halogens is 2. The third kappa shape index (κ3) is 2.41. The highest BCUT2D eigenvalue weighted by molar-refractivity contribution is 9.10. The van der Waals surface area contributed by atoms with Crippen molar-refractivity contribution < 1.29 is 13.9 Å². The van der Waals surface area contributed by atoms with Crippen molar-refractivity contribution in [1.82, 2.24) is 4.98 Å². The SMILES string of the molecule is CC(C)(C)C(=O)Oc1c[nH]c2cc(F)c(Br)cc12. The number of H-pyrrole nitrogens is 1. The van der Waals surface area contributed by atoms with Gasteiger partial charge in [-0.3, -0.25) is 4.79 Å². The molecule has 0 bridgehead atoms. The quantitative estimate of drug-likeness (QED) is 0.808. The number of ether oxygens (including phenoxy) is 1. The van der Waals surface area contributed by atoms with Crippen LogP contribution in [0.4, 0.5) is 4.39 Å². The zero-order valence-corrected chi connectivity index (χ0v) is 11.9. The van der Waals surface area contributed by atoms with E-state index in [-0.39, 0.29) is 11.8 Å². The Hall–Kier alpha value is -1.36. The second-order valence-electron chi connectivity index (χ2n) is 5.10. The number of esters is 1. The maximum atomic E-state index is 13.3. The number of carbonyl (C=O) groups is 1. The predicted molar refractivity (Wildman–Crippen MR) is 71.0 cm³/mol. The molecule has 2 aromatic rings. The van der Waals surface area contributed by atoms with Gasteiger partial charge in [0.25, 0.3) is 0 Å². The van der Waals surface area contributed by atoms with Gasteiger partial charge in [-0.25, -0.2) is 4.39 Å². The van der Waals surface area contributed by atoms with E-state index < -0.39 is 5.41 Å². The highest BCUT2D eigenvalue weighted by atomic mass is 79.9. The Morgan fingerprint density at radius 3 is 2.67 bits per heavy atom. The molecule has 0 aliphatic carbocycles. The summed E-state index contributed by atoms with van der Waals surface area (Å²) < 4.78 is 19.0. The van der Waals surface area contributed by atoms with Gasteiger partial charge in [-0.15, -0.1) is 0 Å². The van der Waals surface area contributed by atoms with Gasteiger partial charge in [0.1, 0.15) is 5.82 Å². The molecular formula is C13H13BrFNO2. The van der Waals surface area contributed by atoms with Gasteiger partial charge in [-0.05, 0) is 48.8 Å². The molecule has 3 nitrogen and oxygen atoms in total. The average molecular weight is 314 g/mol. The van der Waals surface area contributed by atoms with Crippen LogP contribution in [0.3, 0.4) is 0 Å². The number of fused-ring (bicyclic) bond motifs is 1. The number of rotatable bonds is 1. The summed E-state index contributed by atoms with van der Waals surface area (Å²) in [5.74, 6) is -0.285. The normalized spacial score (nSPS) is 11.8. The summed E-state index contributed by atoms with van der Waals surface area (Å²) in [6, 6.07) is 2.94. The van der Waals surface area contributed by atoms with Crippen molar-refractivity contribution in [2.45, 2.75) is 20.8 Å². The van der Waals surface area contributed by atoms with Crippen LogP contribution in [0.2, 0.25) is 0 Å². The number of hydrogen-bond acceptors (Lipinski definition) is 2. The van der Waals surface area contributed by atoms with E-state index >= 15 is 0 Å². The van der Waals surface area contributed by atoms with Gasteiger partial charge in [0, 0.05) is 11.6 Å². The molecule has 5 heteroatoms. The lowest BCUT2D eigenvalue weighted by Gasteiger charge is -2.15. The van der Waals surface area contributed by atoms with Crippen LogP contribution in [0.15, 0.2) is 22.8 Å². The van der Waals surface area contributed by atoms with Crippen molar-refractivity contribution in [3.05, 3.63) is 28.6 Å². The van der Waals surface area contributed by atoms with Gasteiger partial charge in [0.2, 0.25) is 0 Å². The molecule has 0 saturated carbocycles. The van der Waals surface area contributed by atoms with Crippen LogP contribution in [-0.2, 0) is 4.79 Å². The third-order valence-corrected chi connectivity index (χ3v) is 3.11. The molecule has 2 rings (SSSR count). The van der Waals surface area contributed by atoms with Crippen LogP contribution < -0.4 is 4.74 Å². The van der Waals surface area contributed by atoms with Gasteiger partial charge >= 0.3 is 5.97 Å². The Balaban J connectivity index is 2.41. The summed E-state index contributed by atoms with van der Waals surface area (Å²) in [6.07, 6.45) is 1.56. The Bertz CT molecular complexity index is 613. The Labute approximate surface area is 112 Å². The van der Waals surface area contributed by atoms with Crippen LogP contribution in [-0.4, -0.2) is 11.0 Å². The van der Waals surface area contributed by atoms with E-state index in [1.54, 1.807) is 33.0 Å². The number of hydrogen-bond donors (Lipinski definition) is 1. The molecule has 96 valence electrons. The summed E-state index contributed by atoms with van der Waals surface area (Å²) in [6.45, 7) is 5.33. The molecule has 0 fully saturated rings. The van der Waals surface area contributed by atoms with Crippen molar-refractivity contribution in [2.75, 3.05) is 0 Å². The predicted octanol–water partition coefficient (Wildman–Crippen LogP) is 4.02. The summed E-state index contributed by atoms with van der Waals surface area (Å²) in [7, 11) is 0. The maximum Gasteiger partial charge on any atom is 0.316 e. The van der Waals surface area contributed by atoms with Crippen LogP contribution >= 0.6 is 15.9 Å². The van der Waals surface area contributed by atoms with Crippen LogP contribution in [0, 0.1) is 11.2 Å². The maximum absolute atomic E-state index is 13.3. The minimum atomic E-state index is -0.582. The van der Waals surface area contributed by atoms with E-state index in [1.807, 2.05) is 0 Å². The standard InChI is InChI=1S/C13H13BrFNO2/c1-13(2,3)12(17)18-11-6-16-10-5-9(15)8(14)4-7(10)11/h4-6,16H,1-3H3. The fourth-order valence-corrected chi connectivity index (χ4v) is 1.77. The average Bonchev–Trinajstić information content (AvgIpc) is 2.61. The molecular weight excluding hydrogens is 301 g/mol. The molecule has 0 saturated heterocycles. The molecule has 0 aliphatic rings. The smallest absolute Gasteiger partial charge is 0.316 e. The van der Waals surface area contributed by atoms with E-state index in [0.29, 0.717) is 21.1 Å². The van der Waals surface area contributed by atoms with Gasteiger partial charge in [-0.1, -0.05) is 0 Å². The zero-order valence-electron chi connectivity index (χ0n) is 10.3. The molecule has 0 atom stereocenters. The van der Waals surface area contributed by atoms with Crippen LogP contribution in [0.25, 0.3) is 10.9 Å². The van der Waals surface area contributed by atoms with Crippen LogP contribution in [0.1, 0.15) is 20.8 Å². The summed E-state index contributed by atoms with van der Waals surface area (Å²) in [5, 5.41) is 0.667. The lowest BCUT2D eigenvalue weighted by Crippen LogP contribution is -2.25. The van der Waals surface area contributed by atoms with Gasteiger partial charge in [0.05, 0.1) is 15.4 Å². The first-order valence-electron chi connectivity index (χ1n) is 5.47. The monoisotopic (exact) mass is 313 g/mol. The molecule has 0 amide bonds. The number of aromatic amines is 1. The van der Waals surface area contributed by atoms with E-state index in [1.165, 1.54) is 6.07 Å². The first-order valence-corrected chi connectivity index (χ1v) is 6.27. The summed E-state index contributed by atoms with van der Waals surface area (Å²) in [4.78, 5) is 14.7. The fraction of sp³-hybridized carbons (Fsp3) is 0.308. The Kier molecular flexibility index (Phi) is 3.19. The number of aromatic nitrogens is 1. The number of nitrogens with one attached hydrogen (secondary N) is 1. The van der Waals surface area contributed by atoms with E-state index in [9.17, 15) is 9.18 Å². The number of benzene rings is 1. The molecule has 1 aromatic heterocycles. The van der Waals surface area contributed by atoms with Crippen molar-refractivity contribution >= 4 is 32.8 Å². The molecule has 0 aliphatic heterocycles. The highest BCUT2D eigenvalue weighted by Gasteiger charge is 2.24. The van der Waals surface area contributed by atoms with Crippen molar-refractivity contribution in [3.8, 4) is 5.75 Å². The minimum Gasteiger partial charge on any atom is -0.424 e. The van der Waals surface area contributed by atoms with Crippen LogP contribution in [0.5, 0.6) is 5.75 Å². The lowest BCUT2D eigenvalue weighted by atomic mass is 9.97. The Morgan fingerprint density at radius 1 is 1.39 bits per heavy atom. The third-order valence-electron chi connectivity index (χ3n) is 2.50. The molecule has 0 radical (unpaired) electrons.